The first kappa shape index (κ1) is 18.5. The molecule has 0 radical (unpaired) electrons. The first-order chi connectivity index (χ1) is 11.9. The predicted molar refractivity (Wildman–Crippen MR) is 94.4 cm³/mol. The highest BCUT2D eigenvalue weighted by Crippen LogP contribution is 2.24. The molecule has 25 heavy (non-hydrogen) atoms. The number of para-hydroxylation sites is 1. The highest BCUT2D eigenvalue weighted by molar-refractivity contribution is 5.95. The van der Waals surface area contributed by atoms with E-state index in [1.54, 1.807) is 13.2 Å². The van der Waals surface area contributed by atoms with Gasteiger partial charge < -0.3 is 20.0 Å². The molecule has 5 nitrogen and oxygen atoms in total. The minimum Gasteiger partial charge on any atom is -0.550 e. The van der Waals surface area contributed by atoms with Crippen molar-refractivity contribution >= 4 is 17.6 Å². The Kier molecular flexibility index (Phi) is 6.17. The molecule has 0 heterocycles. The highest BCUT2D eigenvalue weighted by atomic mass is 16.5. The first-order valence-electron chi connectivity index (χ1n) is 8.10. The van der Waals surface area contributed by atoms with Crippen LogP contribution in [0.3, 0.4) is 0 Å². The third-order valence-corrected chi connectivity index (χ3v) is 4.09. The first-order valence-corrected chi connectivity index (χ1v) is 8.10. The smallest absolute Gasteiger partial charge is 0.228 e. The minimum atomic E-state index is -1.25. The summed E-state index contributed by atoms with van der Waals surface area (Å²) in [5.41, 5.74) is 3.41. The van der Waals surface area contributed by atoms with Crippen LogP contribution < -0.4 is 15.2 Å². The molecule has 1 N–H and O–H groups in total. The van der Waals surface area contributed by atoms with Crippen LogP contribution in [0.1, 0.15) is 23.1 Å². The summed E-state index contributed by atoms with van der Waals surface area (Å²) in [4.78, 5) is 23.8. The second-order valence-electron chi connectivity index (χ2n) is 6.10. The third kappa shape index (κ3) is 5.08. The summed E-state index contributed by atoms with van der Waals surface area (Å²) in [7, 11) is 1.54. The van der Waals surface area contributed by atoms with Gasteiger partial charge in [0.1, 0.15) is 5.75 Å². The molecule has 1 amide bonds. The molecule has 0 saturated heterocycles. The van der Waals surface area contributed by atoms with Gasteiger partial charge in [-0.15, -0.1) is 0 Å². The molecule has 0 aliphatic carbocycles. The molecule has 0 unspecified atom stereocenters. The van der Waals surface area contributed by atoms with E-state index in [-0.39, 0.29) is 18.7 Å². The van der Waals surface area contributed by atoms with E-state index in [0.29, 0.717) is 11.4 Å². The standard InChI is InChI=1S/C20H23NO4/c1-13-8-9-14(2)17(10-13)21-20(24)16(12-19(22)23)11-15-6-4-5-7-18(15)25-3/h4-10,16H,11-12H2,1-3H3,(H,21,24)(H,22,23)/p-1/t16-/m0/s1. The van der Waals surface area contributed by atoms with Gasteiger partial charge in [0.05, 0.1) is 7.11 Å². The maximum atomic E-state index is 12.7. The van der Waals surface area contributed by atoms with Crippen LogP contribution in [-0.2, 0) is 16.0 Å². The summed E-state index contributed by atoms with van der Waals surface area (Å²) in [6, 6.07) is 13.0. The van der Waals surface area contributed by atoms with E-state index in [1.165, 1.54) is 0 Å². The number of nitrogens with one attached hydrogen (secondary N) is 1. The third-order valence-electron chi connectivity index (χ3n) is 4.09. The number of aliphatic carboxylic acids is 1. The fourth-order valence-corrected chi connectivity index (χ4v) is 2.70. The number of methoxy groups -OCH3 is 1. The molecule has 0 fully saturated rings. The van der Waals surface area contributed by atoms with Gasteiger partial charge in [0.25, 0.3) is 0 Å². The number of hydrogen-bond donors (Lipinski definition) is 1. The number of ether oxygens (including phenoxy) is 1. The van der Waals surface area contributed by atoms with E-state index in [2.05, 4.69) is 5.32 Å². The average molecular weight is 340 g/mol. The Labute approximate surface area is 147 Å². The summed E-state index contributed by atoms with van der Waals surface area (Å²) in [6.07, 6.45) is -0.0938. The molecule has 0 aliphatic heterocycles. The number of carbonyl (C=O) groups is 2. The lowest BCUT2D eigenvalue weighted by Gasteiger charge is -2.19. The number of rotatable bonds is 7. The van der Waals surface area contributed by atoms with Crippen molar-refractivity contribution in [1.82, 2.24) is 0 Å². The van der Waals surface area contributed by atoms with Gasteiger partial charge >= 0.3 is 0 Å². The Morgan fingerprint density at radius 3 is 2.56 bits per heavy atom. The van der Waals surface area contributed by atoms with Gasteiger partial charge in [-0.2, -0.15) is 0 Å². The molecule has 132 valence electrons. The summed E-state index contributed by atoms with van der Waals surface area (Å²) < 4.78 is 5.29. The zero-order valence-electron chi connectivity index (χ0n) is 14.7. The van der Waals surface area contributed by atoms with Gasteiger partial charge in [0.2, 0.25) is 5.91 Å². The highest BCUT2D eigenvalue weighted by Gasteiger charge is 2.21. The van der Waals surface area contributed by atoms with E-state index in [1.807, 2.05) is 50.2 Å². The summed E-state index contributed by atoms with van der Waals surface area (Å²) in [6.45, 7) is 3.83. The number of carbonyl (C=O) groups excluding carboxylic acids is 2. The maximum absolute atomic E-state index is 12.7. The summed E-state index contributed by atoms with van der Waals surface area (Å²) in [5.74, 6) is -1.72. The SMILES string of the molecule is COc1ccccc1C[C@@H](CC(=O)[O-])C(=O)Nc1cc(C)ccc1C. The van der Waals surface area contributed by atoms with Crippen LogP contribution in [-0.4, -0.2) is 19.0 Å². The number of benzene rings is 2. The molecule has 0 aliphatic rings. The molecule has 1 atom stereocenters. The topological polar surface area (TPSA) is 78.5 Å². The molecule has 2 aromatic carbocycles. The molecule has 0 bridgehead atoms. The second-order valence-corrected chi connectivity index (χ2v) is 6.10. The Morgan fingerprint density at radius 2 is 1.88 bits per heavy atom. The Balaban J connectivity index is 2.22. The average Bonchev–Trinajstić information content (AvgIpc) is 2.57. The van der Waals surface area contributed by atoms with Gasteiger partial charge in [-0.25, -0.2) is 0 Å². The Bertz CT molecular complexity index is 770. The normalized spacial score (nSPS) is 11.6. The lowest BCUT2D eigenvalue weighted by atomic mass is 9.94. The lowest BCUT2D eigenvalue weighted by molar-refractivity contribution is -0.306. The van der Waals surface area contributed by atoms with E-state index < -0.39 is 11.9 Å². The van der Waals surface area contributed by atoms with Gasteiger partial charge in [-0.1, -0.05) is 30.3 Å². The minimum absolute atomic E-state index is 0.259. The second kappa shape index (κ2) is 8.33. The molecular formula is C20H22NO4-. The molecule has 2 rings (SSSR count). The van der Waals surface area contributed by atoms with Crippen molar-refractivity contribution in [3.8, 4) is 5.75 Å². The maximum Gasteiger partial charge on any atom is 0.228 e. The molecular weight excluding hydrogens is 318 g/mol. The van der Waals surface area contributed by atoms with Crippen molar-refractivity contribution in [2.24, 2.45) is 5.92 Å². The zero-order chi connectivity index (χ0) is 18.4. The Morgan fingerprint density at radius 1 is 1.16 bits per heavy atom. The van der Waals surface area contributed by atoms with E-state index in [9.17, 15) is 14.7 Å². The number of anilines is 1. The van der Waals surface area contributed by atoms with Gasteiger partial charge in [0, 0.05) is 17.6 Å². The number of carboxylic acids is 1. The quantitative estimate of drug-likeness (QED) is 0.838. The van der Waals surface area contributed by atoms with Crippen LogP contribution in [0.25, 0.3) is 0 Å². The zero-order valence-corrected chi connectivity index (χ0v) is 14.7. The van der Waals surface area contributed by atoms with Crippen LogP contribution in [0.2, 0.25) is 0 Å². The lowest BCUT2D eigenvalue weighted by Crippen LogP contribution is -2.32. The van der Waals surface area contributed by atoms with Gasteiger partial charge in [-0.3, -0.25) is 4.79 Å². The molecule has 2 aromatic rings. The van der Waals surface area contributed by atoms with Gasteiger partial charge in [-0.05, 0) is 55.5 Å². The van der Waals surface area contributed by atoms with Crippen molar-refractivity contribution in [2.75, 3.05) is 12.4 Å². The van der Waals surface area contributed by atoms with Gasteiger partial charge in [0.15, 0.2) is 0 Å². The fraction of sp³-hybridized carbons (Fsp3) is 0.300. The van der Waals surface area contributed by atoms with Crippen molar-refractivity contribution in [1.29, 1.82) is 0 Å². The van der Waals surface area contributed by atoms with E-state index >= 15 is 0 Å². The van der Waals surface area contributed by atoms with Crippen LogP contribution in [0.5, 0.6) is 5.75 Å². The fourth-order valence-electron chi connectivity index (χ4n) is 2.70. The molecule has 5 heteroatoms. The Hall–Kier alpha value is -2.82. The monoisotopic (exact) mass is 340 g/mol. The predicted octanol–water partition coefficient (Wildman–Crippen LogP) is 2.25. The largest absolute Gasteiger partial charge is 0.550 e. The van der Waals surface area contributed by atoms with Crippen molar-refractivity contribution < 1.29 is 19.4 Å². The van der Waals surface area contributed by atoms with Crippen LogP contribution >= 0.6 is 0 Å². The van der Waals surface area contributed by atoms with E-state index in [4.69, 9.17) is 4.74 Å². The van der Waals surface area contributed by atoms with Crippen LogP contribution in [0.15, 0.2) is 42.5 Å². The van der Waals surface area contributed by atoms with E-state index in [0.717, 1.165) is 16.7 Å². The van der Waals surface area contributed by atoms with Crippen molar-refractivity contribution in [2.45, 2.75) is 26.7 Å². The number of aryl methyl sites for hydroxylation is 2. The molecule has 0 saturated carbocycles. The molecule has 0 aromatic heterocycles. The number of amides is 1. The molecule has 0 spiro atoms. The number of hydrogen-bond acceptors (Lipinski definition) is 4. The number of carboxylic acid groups (broad SMARTS) is 1. The van der Waals surface area contributed by atoms with Crippen LogP contribution in [0, 0.1) is 19.8 Å². The summed E-state index contributed by atoms with van der Waals surface area (Å²) in [5, 5.41) is 14.0. The van der Waals surface area contributed by atoms with Crippen molar-refractivity contribution in [3.05, 3.63) is 59.2 Å². The van der Waals surface area contributed by atoms with Crippen molar-refractivity contribution in [3.63, 3.8) is 0 Å². The van der Waals surface area contributed by atoms with Crippen LogP contribution in [0.4, 0.5) is 5.69 Å². The summed E-state index contributed by atoms with van der Waals surface area (Å²) >= 11 is 0.